The molecule has 1 aromatic carbocycles. The molecule has 0 spiro atoms. The highest BCUT2D eigenvalue weighted by molar-refractivity contribution is 8.00. The predicted octanol–water partition coefficient (Wildman–Crippen LogP) is 4.19. The number of benzene rings is 1. The van der Waals surface area contributed by atoms with Crippen molar-refractivity contribution in [1.29, 1.82) is 0 Å². The van der Waals surface area contributed by atoms with Gasteiger partial charge in [0, 0.05) is 28.3 Å². The summed E-state index contributed by atoms with van der Waals surface area (Å²) >= 11 is 1.98. The summed E-state index contributed by atoms with van der Waals surface area (Å²) in [5.41, 5.74) is 0.917. The van der Waals surface area contributed by atoms with Crippen molar-refractivity contribution in [3.8, 4) is 0 Å². The van der Waals surface area contributed by atoms with Gasteiger partial charge in [0.05, 0.1) is 0 Å². The van der Waals surface area contributed by atoms with Crippen LogP contribution in [0.25, 0.3) is 0 Å². The number of nitrogens with one attached hydrogen (secondary N) is 2. The Labute approximate surface area is 137 Å². The summed E-state index contributed by atoms with van der Waals surface area (Å²) in [6.45, 7) is 1.10. The van der Waals surface area contributed by atoms with Crippen molar-refractivity contribution in [1.82, 2.24) is 5.32 Å². The second-order valence-electron chi connectivity index (χ2n) is 6.43. The average Bonchev–Trinajstić information content (AvgIpc) is 3.20. The van der Waals surface area contributed by atoms with Crippen LogP contribution >= 0.6 is 11.8 Å². The lowest BCUT2D eigenvalue weighted by atomic mass is 10.1. The minimum Gasteiger partial charge on any atom is -0.326 e. The quantitative estimate of drug-likeness (QED) is 0.826. The molecule has 1 unspecified atom stereocenters. The van der Waals surface area contributed by atoms with E-state index in [9.17, 15) is 4.79 Å². The first kappa shape index (κ1) is 15.9. The number of carbonyl (C=O) groups is 1. The van der Waals surface area contributed by atoms with E-state index in [1.165, 1.54) is 43.4 Å². The Morgan fingerprint density at radius 3 is 2.59 bits per heavy atom. The topological polar surface area (TPSA) is 41.1 Å². The molecule has 22 heavy (non-hydrogen) atoms. The molecule has 0 radical (unpaired) electrons. The average molecular weight is 318 g/mol. The zero-order valence-corrected chi connectivity index (χ0v) is 14.0. The third kappa shape index (κ3) is 4.75. The highest BCUT2D eigenvalue weighted by Crippen LogP contribution is 2.34. The summed E-state index contributed by atoms with van der Waals surface area (Å²) in [5, 5.41) is 7.24. The molecule has 2 aliphatic rings. The van der Waals surface area contributed by atoms with Crippen molar-refractivity contribution >= 4 is 23.4 Å². The molecule has 1 aromatic rings. The second-order valence-corrected chi connectivity index (χ2v) is 7.80. The van der Waals surface area contributed by atoms with Crippen LogP contribution in [-0.2, 0) is 4.79 Å². The highest BCUT2D eigenvalue weighted by Gasteiger charge is 2.17. The van der Waals surface area contributed by atoms with Crippen LogP contribution in [0.4, 0.5) is 5.69 Å². The lowest BCUT2D eigenvalue weighted by Crippen LogP contribution is -2.23. The van der Waals surface area contributed by atoms with Crippen LogP contribution in [0.1, 0.15) is 51.4 Å². The molecule has 3 nitrogen and oxygen atoms in total. The van der Waals surface area contributed by atoms with Crippen LogP contribution < -0.4 is 10.6 Å². The van der Waals surface area contributed by atoms with E-state index in [1.54, 1.807) is 0 Å². The number of thioether (sulfide) groups is 1. The van der Waals surface area contributed by atoms with Crippen molar-refractivity contribution in [2.45, 2.75) is 67.6 Å². The molecule has 1 aliphatic heterocycles. The summed E-state index contributed by atoms with van der Waals surface area (Å²) in [5.74, 6) is 0.130. The largest absolute Gasteiger partial charge is 0.326 e. The third-order valence-electron chi connectivity index (χ3n) is 4.63. The molecule has 1 saturated carbocycles. The molecule has 1 atom stereocenters. The van der Waals surface area contributed by atoms with Crippen molar-refractivity contribution in [2.24, 2.45) is 0 Å². The summed E-state index contributed by atoms with van der Waals surface area (Å²) in [4.78, 5) is 13.3. The number of rotatable bonds is 6. The molecule has 3 rings (SSSR count). The highest BCUT2D eigenvalue weighted by atomic mass is 32.2. The fourth-order valence-electron chi connectivity index (χ4n) is 3.35. The summed E-state index contributed by atoms with van der Waals surface area (Å²) in [6, 6.07) is 8.87. The molecular formula is C18H26N2OS. The molecule has 1 aliphatic carbocycles. The minimum absolute atomic E-state index is 0.130. The maximum absolute atomic E-state index is 12.0. The van der Waals surface area contributed by atoms with Gasteiger partial charge in [-0.1, -0.05) is 12.8 Å². The van der Waals surface area contributed by atoms with Gasteiger partial charge >= 0.3 is 0 Å². The van der Waals surface area contributed by atoms with E-state index in [1.807, 2.05) is 23.9 Å². The maximum Gasteiger partial charge on any atom is 0.224 e. The molecular weight excluding hydrogens is 292 g/mol. The van der Waals surface area contributed by atoms with Crippen LogP contribution in [0.5, 0.6) is 0 Å². The van der Waals surface area contributed by atoms with Gasteiger partial charge in [0.2, 0.25) is 5.91 Å². The molecule has 4 heteroatoms. The smallest absolute Gasteiger partial charge is 0.224 e. The molecule has 1 saturated heterocycles. The zero-order valence-electron chi connectivity index (χ0n) is 13.1. The van der Waals surface area contributed by atoms with E-state index < -0.39 is 0 Å². The van der Waals surface area contributed by atoms with Gasteiger partial charge in [-0.2, -0.15) is 0 Å². The molecule has 1 amide bonds. The van der Waals surface area contributed by atoms with Gasteiger partial charge in [0.1, 0.15) is 0 Å². The summed E-state index contributed by atoms with van der Waals surface area (Å²) < 4.78 is 0. The van der Waals surface area contributed by atoms with E-state index in [2.05, 4.69) is 22.8 Å². The SMILES string of the molecule is O=C(CCC1CCCN1)Nc1ccc(SC2CCCC2)cc1. The third-order valence-corrected chi connectivity index (χ3v) is 5.97. The Kier molecular flexibility index (Phi) is 5.79. The zero-order chi connectivity index (χ0) is 15.2. The maximum atomic E-state index is 12.0. The van der Waals surface area contributed by atoms with E-state index >= 15 is 0 Å². The van der Waals surface area contributed by atoms with Crippen molar-refractivity contribution in [3.63, 3.8) is 0 Å². The van der Waals surface area contributed by atoms with E-state index in [-0.39, 0.29) is 5.91 Å². The standard InChI is InChI=1S/C18H26N2OS/c21-18(12-9-14-4-3-13-19-14)20-15-7-10-17(11-8-15)22-16-5-1-2-6-16/h7-8,10-11,14,16,19H,1-6,9,12-13H2,(H,20,21). The minimum atomic E-state index is 0.130. The van der Waals surface area contributed by atoms with Gasteiger partial charge in [-0.15, -0.1) is 11.8 Å². The van der Waals surface area contributed by atoms with Crippen molar-refractivity contribution < 1.29 is 4.79 Å². The molecule has 120 valence electrons. The molecule has 2 fully saturated rings. The van der Waals surface area contributed by atoms with Crippen molar-refractivity contribution in [3.05, 3.63) is 24.3 Å². The fraction of sp³-hybridized carbons (Fsp3) is 0.611. The normalized spacial score (nSPS) is 22.1. The lowest BCUT2D eigenvalue weighted by molar-refractivity contribution is -0.116. The Bertz CT molecular complexity index is 476. The lowest BCUT2D eigenvalue weighted by Gasteiger charge is -2.11. The Morgan fingerprint density at radius 1 is 1.14 bits per heavy atom. The Balaban J connectivity index is 1.42. The monoisotopic (exact) mass is 318 g/mol. The van der Waals surface area contributed by atoms with E-state index in [0.29, 0.717) is 12.5 Å². The summed E-state index contributed by atoms with van der Waals surface area (Å²) in [6.07, 6.45) is 9.45. The van der Waals surface area contributed by atoms with Crippen LogP contribution in [0.2, 0.25) is 0 Å². The Morgan fingerprint density at radius 2 is 1.91 bits per heavy atom. The number of amides is 1. The van der Waals surface area contributed by atoms with Crippen LogP contribution in [0, 0.1) is 0 Å². The number of hydrogen-bond donors (Lipinski definition) is 2. The van der Waals surface area contributed by atoms with Crippen molar-refractivity contribution in [2.75, 3.05) is 11.9 Å². The Hall–Kier alpha value is -1.00. The van der Waals surface area contributed by atoms with Gasteiger partial charge in [-0.3, -0.25) is 4.79 Å². The molecule has 0 aromatic heterocycles. The van der Waals surface area contributed by atoms with E-state index in [4.69, 9.17) is 0 Å². The van der Waals surface area contributed by atoms with E-state index in [0.717, 1.165) is 23.9 Å². The van der Waals surface area contributed by atoms with Gasteiger partial charge in [-0.25, -0.2) is 0 Å². The number of carbonyl (C=O) groups excluding carboxylic acids is 1. The van der Waals surface area contributed by atoms with Gasteiger partial charge < -0.3 is 10.6 Å². The number of hydrogen-bond acceptors (Lipinski definition) is 3. The van der Waals surface area contributed by atoms with Crippen LogP contribution in [0.15, 0.2) is 29.2 Å². The molecule has 2 N–H and O–H groups in total. The molecule has 1 heterocycles. The summed E-state index contributed by atoms with van der Waals surface area (Å²) in [7, 11) is 0. The van der Waals surface area contributed by atoms with Gasteiger partial charge in [0.15, 0.2) is 0 Å². The first-order chi connectivity index (χ1) is 10.8. The second kappa shape index (κ2) is 8.02. The van der Waals surface area contributed by atoms with Gasteiger partial charge in [0.25, 0.3) is 0 Å². The van der Waals surface area contributed by atoms with Crippen LogP contribution in [0.3, 0.4) is 0 Å². The van der Waals surface area contributed by atoms with Crippen LogP contribution in [-0.4, -0.2) is 23.7 Å². The number of anilines is 1. The molecule has 0 bridgehead atoms. The van der Waals surface area contributed by atoms with Gasteiger partial charge in [-0.05, 0) is 62.9 Å². The first-order valence-electron chi connectivity index (χ1n) is 8.59. The fourth-order valence-corrected chi connectivity index (χ4v) is 4.59. The first-order valence-corrected chi connectivity index (χ1v) is 9.47. The predicted molar refractivity (Wildman–Crippen MR) is 93.4 cm³/mol.